The molecule has 1 aromatic carbocycles. The molecular formula is C11H10N2O6. The second-order valence-electron chi connectivity index (χ2n) is 2.55. The van der Waals surface area contributed by atoms with E-state index in [1.165, 1.54) is 19.2 Å². The van der Waals surface area contributed by atoms with Gasteiger partial charge in [-0.25, -0.2) is 30.0 Å². The van der Waals surface area contributed by atoms with Crippen molar-refractivity contribution in [3.05, 3.63) is 35.4 Å². The zero-order chi connectivity index (χ0) is 15.3. The van der Waals surface area contributed by atoms with Crippen molar-refractivity contribution in [3.8, 4) is 0 Å². The SMILES string of the molecule is COC(=O)c1ccccc1C(=O)O.N=C=O.N=C=O. The van der Waals surface area contributed by atoms with Crippen molar-refractivity contribution in [3.63, 3.8) is 0 Å². The van der Waals surface area contributed by atoms with E-state index in [0.717, 1.165) is 12.2 Å². The van der Waals surface area contributed by atoms with Gasteiger partial charge in [0.1, 0.15) is 0 Å². The van der Waals surface area contributed by atoms with Crippen LogP contribution < -0.4 is 0 Å². The molecule has 0 saturated heterocycles. The van der Waals surface area contributed by atoms with Crippen molar-refractivity contribution in [1.82, 2.24) is 0 Å². The average Bonchev–Trinajstić information content (AvgIpc) is 2.39. The second kappa shape index (κ2) is 11.4. The Morgan fingerprint density at radius 3 is 1.79 bits per heavy atom. The fraction of sp³-hybridized carbons (Fsp3) is 0.0909. The summed E-state index contributed by atoms with van der Waals surface area (Å²) in [6.07, 6.45) is 1.50. The lowest BCUT2D eigenvalue weighted by molar-refractivity contribution is 0.0582. The van der Waals surface area contributed by atoms with E-state index in [0.29, 0.717) is 0 Å². The van der Waals surface area contributed by atoms with Crippen molar-refractivity contribution in [2.75, 3.05) is 7.11 Å². The van der Waals surface area contributed by atoms with Crippen LogP contribution in [-0.4, -0.2) is 36.3 Å². The minimum Gasteiger partial charge on any atom is -0.478 e. The topological polar surface area (TPSA) is 145 Å². The summed E-state index contributed by atoms with van der Waals surface area (Å²) in [6, 6.07) is 5.90. The third kappa shape index (κ3) is 7.76. The number of methoxy groups -OCH3 is 1. The summed E-state index contributed by atoms with van der Waals surface area (Å²) >= 11 is 0. The van der Waals surface area contributed by atoms with Crippen molar-refractivity contribution in [2.24, 2.45) is 0 Å². The van der Waals surface area contributed by atoms with Crippen LogP contribution in [0, 0.1) is 10.8 Å². The fourth-order valence-electron chi connectivity index (χ4n) is 0.958. The van der Waals surface area contributed by atoms with Crippen molar-refractivity contribution < 1.29 is 29.0 Å². The number of ether oxygens (including phenoxy) is 1. The van der Waals surface area contributed by atoms with Crippen molar-refractivity contribution >= 4 is 24.1 Å². The molecule has 0 spiro atoms. The van der Waals surface area contributed by atoms with Gasteiger partial charge in [-0.3, -0.25) is 0 Å². The van der Waals surface area contributed by atoms with E-state index in [1.54, 1.807) is 12.1 Å². The summed E-state index contributed by atoms with van der Waals surface area (Å²) in [5.41, 5.74) is 0.0202. The number of carboxylic acid groups (broad SMARTS) is 1. The molecule has 1 rings (SSSR count). The predicted molar refractivity (Wildman–Crippen MR) is 61.6 cm³/mol. The highest BCUT2D eigenvalue weighted by atomic mass is 16.5. The maximum absolute atomic E-state index is 11.1. The molecule has 0 atom stereocenters. The normalized spacial score (nSPS) is 7.21. The highest BCUT2D eigenvalue weighted by molar-refractivity contribution is 6.02. The van der Waals surface area contributed by atoms with Gasteiger partial charge in [0.05, 0.1) is 18.2 Å². The lowest BCUT2D eigenvalue weighted by Crippen LogP contribution is -2.09. The minimum atomic E-state index is -1.14. The van der Waals surface area contributed by atoms with E-state index < -0.39 is 11.9 Å². The summed E-state index contributed by atoms with van der Waals surface area (Å²) in [5.74, 6) is -1.78. The van der Waals surface area contributed by atoms with Gasteiger partial charge in [-0.15, -0.1) is 0 Å². The maximum Gasteiger partial charge on any atom is 0.338 e. The average molecular weight is 266 g/mol. The zero-order valence-electron chi connectivity index (χ0n) is 9.80. The van der Waals surface area contributed by atoms with Crippen LogP contribution in [-0.2, 0) is 14.3 Å². The van der Waals surface area contributed by atoms with E-state index in [9.17, 15) is 9.59 Å². The largest absolute Gasteiger partial charge is 0.478 e. The summed E-state index contributed by atoms with van der Waals surface area (Å²) in [7, 11) is 1.21. The van der Waals surface area contributed by atoms with E-state index >= 15 is 0 Å². The van der Waals surface area contributed by atoms with Gasteiger partial charge in [-0.1, -0.05) is 12.1 Å². The van der Waals surface area contributed by atoms with Crippen LogP contribution in [0.2, 0.25) is 0 Å². The number of hydrogen-bond acceptors (Lipinski definition) is 7. The Hall–Kier alpha value is -3.08. The number of carboxylic acids is 1. The third-order valence-corrected chi connectivity index (χ3v) is 1.56. The summed E-state index contributed by atoms with van der Waals surface area (Å²) in [5, 5.41) is 19.5. The smallest absolute Gasteiger partial charge is 0.338 e. The van der Waals surface area contributed by atoms with Gasteiger partial charge in [-0.2, -0.15) is 0 Å². The van der Waals surface area contributed by atoms with Crippen LogP contribution >= 0.6 is 0 Å². The number of hydrogen-bond donors (Lipinski definition) is 3. The summed E-state index contributed by atoms with van der Waals surface area (Å²) in [4.78, 5) is 38.4. The zero-order valence-corrected chi connectivity index (χ0v) is 9.80. The molecule has 0 radical (unpaired) electrons. The van der Waals surface area contributed by atoms with Crippen LogP contribution in [0.15, 0.2) is 24.3 Å². The molecule has 0 aliphatic rings. The van der Waals surface area contributed by atoms with Crippen molar-refractivity contribution in [2.45, 2.75) is 0 Å². The first-order chi connectivity index (χ1) is 8.99. The minimum absolute atomic E-state index is 0.0469. The van der Waals surface area contributed by atoms with E-state index in [2.05, 4.69) is 4.74 Å². The Morgan fingerprint density at radius 2 is 1.47 bits per heavy atom. The lowest BCUT2D eigenvalue weighted by atomic mass is 10.1. The quantitative estimate of drug-likeness (QED) is 0.413. The number of nitrogens with one attached hydrogen (secondary N) is 2. The molecule has 100 valence electrons. The van der Waals surface area contributed by atoms with Gasteiger partial charge in [-0.05, 0) is 12.1 Å². The first-order valence-corrected chi connectivity index (χ1v) is 4.48. The summed E-state index contributed by atoms with van der Waals surface area (Å²) in [6.45, 7) is 0. The molecule has 3 N–H and O–H groups in total. The van der Waals surface area contributed by atoms with Crippen LogP contribution in [0.3, 0.4) is 0 Å². The Balaban J connectivity index is 0. The van der Waals surface area contributed by atoms with Gasteiger partial charge < -0.3 is 9.84 Å². The fourth-order valence-corrected chi connectivity index (χ4v) is 0.958. The molecule has 8 heteroatoms. The van der Waals surface area contributed by atoms with Crippen LogP contribution in [0.4, 0.5) is 0 Å². The monoisotopic (exact) mass is 266 g/mol. The number of isocyanates is 2. The molecule has 19 heavy (non-hydrogen) atoms. The standard InChI is InChI=1S/C9H8O4.2CHNO/c1-13-9(12)7-5-3-2-4-6(7)8(10)11;2*2-1-3/h2-5H,1H3,(H,10,11);2*2H. The lowest BCUT2D eigenvalue weighted by Gasteiger charge is -2.02. The van der Waals surface area contributed by atoms with E-state index in [4.69, 9.17) is 25.5 Å². The molecule has 8 nitrogen and oxygen atoms in total. The molecule has 0 heterocycles. The molecule has 0 unspecified atom stereocenters. The molecular weight excluding hydrogens is 256 g/mol. The van der Waals surface area contributed by atoms with Crippen LogP contribution in [0.25, 0.3) is 0 Å². The third-order valence-electron chi connectivity index (χ3n) is 1.56. The number of benzene rings is 1. The predicted octanol–water partition coefficient (Wildman–Crippen LogP) is 0.973. The maximum atomic E-state index is 11.1. The Kier molecular flexibility index (Phi) is 11.0. The number of carbonyl (C=O) groups excluding carboxylic acids is 3. The molecule has 0 aliphatic carbocycles. The first-order valence-electron chi connectivity index (χ1n) is 4.48. The Labute approximate surface area is 107 Å². The van der Waals surface area contributed by atoms with E-state index in [-0.39, 0.29) is 11.1 Å². The van der Waals surface area contributed by atoms with Gasteiger partial charge in [0, 0.05) is 0 Å². The van der Waals surface area contributed by atoms with Crippen molar-refractivity contribution in [1.29, 1.82) is 10.8 Å². The second-order valence-corrected chi connectivity index (χ2v) is 2.55. The number of carbonyl (C=O) groups is 2. The molecule has 0 bridgehead atoms. The Bertz CT molecular complexity index is 488. The number of esters is 1. The highest BCUT2D eigenvalue weighted by Gasteiger charge is 2.15. The molecule has 0 fully saturated rings. The molecule has 0 saturated carbocycles. The molecule has 0 amide bonds. The van der Waals surface area contributed by atoms with Crippen LogP contribution in [0.1, 0.15) is 20.7 Å². The first kappa shape index (κ1) is 18.3. The molecule has 0 aromatic heterocycles. The van der Waals surface area contributed by atoms with Gasteiger partial charge in [0.15, 0.2) is 0 Å². The van der Waals surface area contributed by atoms with Gasteiger partial charge in [0.2, 0.25) is 12.2 Å². The Morgan fingerprint density at radius 1 is 1.11 bits per heavy atom. The number of rotatable bonds is 2. The summed E-state index contributed by atoms with van der Waals surface area (Å²) < 4.78 is 4.42. The number of aromatic carboxylic acids is 1. The van der Waals surface area contributed by atoms with Gasteiger partial charge in [0.25, 0.3) is 0 Å². The van der Waals surface area contributed by atoms with Crippen LogP contribution in [0.5, 0.6) is 0 Å². The molecule has 0 aliphatic heterocycles. The highest BCUT2D eigenvalue weighted by Crippen LogP contribution is 2.09. The van der Waals surface area contributed by atoms with Gasteiger partial charge >= 0.3 is 11.9 Å². The molecule has 1 aromatic rings. The van der Waals surface area contributed by atoms with E-state index in [1.807, 2.05) is 0 Å².